The third-order valence-electron chi connectivity index (χ3n) is 4.34. The number of hydrogen-bond acceptors (Lipinski definition) is 3. The van der Waals surface area contributed by atoms with E-state index >= 15 is 0 Å². The van der Waals surface area contributed by atoms with E-state index in [0.717, 1.165) is 18.0 Å². The molecular weight excluding hydrogens is 216 g/mol. The average molecular weight is 240 g/mol. The first-order chi connectivity index (χ1) is 7.92. The van der Waals surface area contributed by atoms with Gasteiger partial charge >= 0.3 is 0 Å². The van der Waals surface area contributed by atoms with Gasteiger partial charge in [0.1, 0.15) is 0 Å². The van der Waals surface area contributed by atoms with Gasteiger partial charge in [-0.05, 0) is 63.4 Å². The van der Waals surface area contributed by atoms with Crippen LogP contribution >= 0.6 is 11.8 Å². The highest BCUT2D eigenvalue weighted by Crippen LogP contribution is 2.28. The molecule has 0 amide bonds. The van der Waals surface area contributed by atoms with Gasteiger partial charge in [-0.3, -0.25) is 4.90 Å². The molecule has 1 unspecified atom stereocenters. The van der Waals surface area contributed by atoms with Crippen LogP contribution in [0.5, 0.6) is 0 Å². The molecule has 3 heteroatoms. The zero-order chi connectivity index (χ0) is 10.8. The van der Waals surface area contributed by atoms with E-state index in [-0.39, 0.29) is 0 Å². The molecule has 1 aliphatic carbocycles. The van der Waals surface area contributed by atoms with Crippen LogP contribution in [-0.2, 0) is 0 Å². The minimum absolute atomic E-state index is 0.825. The summed E-state index contributed by atoms with van der Waals surface area (Å²) in [5, 5.41) is 3.76. The second-order valence-corrected chi connectivity index (χ2v) is 6.83. The number of piperidine rings is 1. The van der Waals surface area contributed by atoms with Crippen molar-refractivity contribution in [1.29, 1.82) is 0 Å². The smallest absolute Gasteiger partial charge is 0.0194 e. The van der Waals surface area contributed by atoms with Crippen molar-refractivity contribution in [2.24, 2.45) is 5.92 Å². The van der Waals surface area contributed by atoms with Crippen molar-refractivity contribution in [3.63, 3.8) is 0 Å². The molecule has 2 nitrogen and oxygen atoms in total. The van der Waals surface area contributed by atoms with E-state index in [1.54, 1.807) is 0 Å². The lowest BCUT2D eigenvalue weighted by atomic mass is 10.0. The van der Waals surface area contributed by atoms with Crippen molar-refractivity contribution in [1.82, 2.24) is 10.2 Å². The standard InChI is InChI=1S/C13H24N2S/c1-2-11(1)9-14-12-3-6-15(7-4-12)13-5-8-16-10-13/h11-14H,1-10H2. The largest absolute Gasteiger partial charge is 0.314 e. The minimum atomic E-state index is 0.825. The average Bonchev–Trinajstić information content (AvgIpc) is 3.00. The summed E-state index contributed by atoms with van der Waals surface area (Å²) in [5.41, 5.74) is 0. The summed E-state index contributed by atoms with van der Waals surface area (Å²) < 4.78 is 0. The Hall–Kier alpha value is 0.270. The lowest BCUT2D eigenvalue weighted by Crippen LogP contribution is -2.47. The Morgan fingerprint density at radius 1 is 1.06 bits per heavy atom. The molecule has 0 aromatic heterocycles. The maximum absolute atomic E-state index is 3.76. The number of hydrogen-bond donors (Lipinski definition) is 1. The zero-order valence-corrected chi connectivity index (χ0v) is 11.0. The molecule has 0 aromatic rings. The van der Waals surface area contributed by atoms with Crippen LogP contribution in [0.2, 0.25) is 0 Å². The molecule has 0 radical (unpaired) electrons. The Labute approximate surface area is 104 Å². The molecule has 0 bridgehead atoms. The molecule has 1 saturated carbocycles. The molecule has 2 saturated heterocycles. The van der Waals surface area contributed by atoms with Crippen molar-refractivity contribution < 1.29 is 0 Å². The second-order valence-electron chi connectivity index (χ2n) is 5.68. The van der Waals surface area contributed by atoms with Crippen molar-refractivity contribution >= 4 is 11.8 Å². The van der Waals surface area contributed by atoms with Crippen LogP contribution in [-0.4, -0.2) is 48.1 Å². The molecule has 0 aromatic carbocycles. The monoisotopic (exact) mass is 240 g/mol. The summed E-state index contributed by atoms with van der Waals surface area (Å²) in [6.07, 6.45) is 7.16. The van der Waals surface area contributed by atoms with E-state index in [4.69, 9.17) is 0 Å². The van der Waals surface area contributed by atoms with E-state index in [1.165, 1.54) is 63.2 Å². The van der Waals surface area contributed by atoms with Gasteiger partial charge in [0.05, 0.1) is 0 Å². The molecule has 3 aliphatic rings. The lowest BCUT2D eigenvalue weighted by molar-refractivity contribution is 0.155. The van der Waals surface area contributed by atoms with Gasteiger partial charge in [-0.2, -0.15) is 11.8 Å². The summed E-state index contributed by atoms with van der Waals surface area (Å²) in [7, 11) is 0. The first kappa shape index (κ1) is 11.4. The number of nitrogens with zero attached hydrogens (tertiary/aromatic N) is 1. The number of likely N-dealkylation sites (tertiary alicyclic amines) is 1. The third-order valence-corrected chi connectivity index (χ3v) is 5.49. The highest BCUT2D eigenvalue weighted by molar-refractivity contribution is 7.99. The Kier molecular flexibility index (Phi) is 3.75. The summed E-state index contributed by atoms with van der Waals surface area (Å²) >= 11 is 2.14. The maximum atomic E-state index is 3.76. The second kappa shape index (κ2) is 5.28. The first-order valence-electron chi connectivity index (χ1n) is 6.97. The highest BCUT2D eigenvalue weighted by Gasteiger charge is 2.28. The van der Waals surface area contributed by atoms with Gasteiger partial charge in [0.15, 0.2) is 0 Å². The first-order valence-corrected chi connectivity index (χ1v) is 8.12. The van der Waals surface area contributed by atoms with Crippen LogP contribution in [0.3, 0.4) is 0 Å². The minimum Gasteiger partial charge on any atom is -0.314 e. The fourth-order valence-corrected chi connectivity index (χ4v) is 4.19. The Balaban J connectivity index is 1.37. The predicted octanol–water partition coefficient (Wildman–Crippen LogP) is 1.96. The van der Waals surface area contributed by atoms with Gasteiger partial charge in [-0.25, -0.2) is 0 Å². The van der Waals surface area contributed by atoms with Gasteiger partial charge in [0.2, 0.25) is 0 Å². The van der Waals surface area contributed by atoms with Crippen molar-refractivity contribution in [2.45, 2.75) is 44.2 Å². The van der Waals surface area contributed by atoms with Crippen LogP contribution in [0.1, 0.15) is 32.1 Å². The fourth-order valence-electron chi connectivity index (χ4n) is 2.93. The van der Waals surface area contributed by atoms with Crippen LogP contribution in [0.15, 0.2) is 0 Å². The molecule has 16 heavy (non-hydrogen) atoms. The molecular formula is C13H24N2S. The molecule has 92 valence electrons. The van der Waals surface area contributed by atoms with Crippen LogP contribution in [0, 0.1) is 5.92 Å². The summed E-state index contributed by atoms with van der Waals surface area (Å²) in [5.74, 6) is 3.81. The lowest BCUT2D eigenvalue weighted by Gasteiger charge is -2.36. The van der Waals surface area contributed by atoms with Gasteiger partial charge in [-0.15, -0.1) is 0 Å². The van der Waals surface area contributed by atoms with E-state index < -0.39 is 0 Å². The molecule has 0 spiro atoms. The summed E-state index contributed by atoms with van der Waals surface area (Å²) in [6.45, 7) is 3.98. The quantitative estimate of drug-likeness (QED) is 0.809. The number of rotatable bonds is 4. The fraction of sp³-hybridized carbons (Fsp3) is 1.00. The van der Waals surface area contributed by atoms with Gasteiger partial charge < -0.3 is 5.32 Å². The molecule has 3 fully saturated rings. The number of nitrogens with one attached hydrogen (secondary N) is 1. The van der Waals surface area contributed by atoms with Gasteiger partial charge in [0.25, 0.3) is 0 Å². The third kappa shape index (κ3) is 2.93. The Morgan fingerprint density at radius 2 is 1.88 bits per heavy atom. The molecule has 1 N–H and O–H groups in total. The van der Waals surface area contributed by atoms with E-state index in [0.29, 0.717) is 0 Å². The van der Waals surface area contributed by atoms with E-state index in [9.17, 15) is 0 Å². The topological polar surface area (TPSA) is 15.3 Å². The van der Waals surface area contributed by atoms with Crippen molar-refractivity contribution in [3.05, 3.63) is 0 Å². The zero-order valence-electron chi connectivity index (χ0n) is 10.2. The summed E-state index contributed by atoms with van der Waals surface area (Å²) in [4.78, 5) is 2.75. The van der Waals surface area contributed by atoms with Crippen molar-refractivity contribution in [2.75, 3.05) is 31.1 Å². The molecule has 2 heterocycles. The normalized spacial score (nSPS) is 33.4. The predicted molar refractivity (Wildman–Crippen MR) is 71.1 cm³/mol. The van der Waals surface area contributed by atoms with Crippen LogP contribution in [0.4, 0.5) is 0 Å². The highest BCUT2D eigenvalue weighted by atomic mass is 32.2. The molecule has 3 rings (SSSR count). The SMILES string of the molecule is C1CC(N2CCC(NCC3CC3)CC2)CS1. The van der Waals surface area contributed by atoms with Gasteiger partial charge in [-0.1, -0.05) is 0 Å². The van der Waals surface area contributed by atoms with Crippen LogP contribution in [0.25, 0.3) is 0 Å². The Bertz CT molecular complexity index is 216. The molecule has 2 aliphatic heterocycles. The molecule has 1 atom stereocenters. The summed E-state index contributed by atoms with van der Waals surface area (Å²) in [6, 6.07) is 1.74. The van der Waals surface area contributed by atoms with E-state index in [1.807, 2.05) is 0 Å². The Morgan fingerprint density at radius 3 is 2.50 bits per heavy atom. The maximum Gasteiger partial charge on any atom is 0.0194 e. The van der Waals surface area contributed by atoms with E-state index in [2.05, 4.69) is 22.0 Å². The van der Waals surface area contributed by atoms with Crippen molar-refractivity contribution in [3.8, 4) is 0 Å². The van der Waals surface area contributed by atoms with Crippen LogP contribution < -0.4 is 5.32 Å². The number of thioether (sulfide) groups is 1. The van der Waals surface area contributed by atoms with Gasteiger partial charge in [0, 0.05) is 17.8 Å².